The molecule has 3 N–H and O–H groups in total. The molecular weight excluding hydrogens is 200 g/mol. The third kappa shape index (κ3) is 2.76. The number of nitrogens with zero attached hydrogens (tertiary/aromatic N) is 1. The van der Waals surface area contributed by atoms with Crippen LogP contribution in [0.5, 0.6) is 0 Å². The second-order valence-electron chi connectivity index (χ2n) is 5.79. The summed E-state index contributed by atoms with van der Waals surface area (Å²) in [5.74, 6) is 0.624. The van der Waals surface area contributed by atoms with Crippen LogP contribution in [0, 0.1) is 5.92 Å². The van der Waals surface area contributed by atoms with Crippen LogP contribution in [0.4, 0.5) is 0 Å². The number of rotatable bonds is 3. The van der Waals surface area contributed by atoms with Gasteiger partial charge >= 0.3 is 0 Å². The van der Waals surface area contributed by atoms with Gasteiger partial charge in [-0.3, -0.25) is 0 Å². The molecule has 1 aliphatic carbocycles. The first kappa shape index (κ1) is 12.3. The Morgan fingerprint density at radius 3 is 2.69 bits per heavy atom. The summed E-state index contributed by atoms with van der Waals surface area (Å²) in [5.41, 5.74) is 5.71. The van der Waals surface area contributed by atoms with Gasteiger partial charge in [-0.25, -0.2) is 0 Å². The molecule has 0 spiro atoms. The number of aliphatic hydroxyl groups is 1. The van der Waals surface area contributed by atoms with Gasteiger partial charge in [0, 0.05) is 19.1 Å². The van der Waals surface area contributed by atoms with Crippen LogP contribution in [0.15, 0.2) is 0 Å². The van der Waals surface area contributed by atoms with Gasteiger partial charge in [0.05, 0.1) is 5.60 Å². The number of piperidine rings is 1. The summed E-state index contributed by atoms with van der Waals surface area (Å²) >= 11 is 0. The standard InChI is InChI=1S/C13H26N2O/c1-2-11-9-15(8-5-12(11)14)10-13(16)6-3-4-7-13/h11-12,16H,2-10,14H2,1H3. The molecule has 2 rings (SSSR count). The van der Waals surface area contributed by atoms with E-state index in [4.69, 9.17) is 5.73 Å². The maximum Gasteiger partial charge on any atom is 0.0774 e. The van der Waals surface area contributed by atoms with Gasteiger partial charge in [-0.1, -0.05) is 26.2 Å². The van der Waals surface area contributed by atoms with Crippen LogP contribution in [-0.4, -0.2) is 41.3 Å². The topological polar surface area (TPSA) is 49.5 Å². The van der Waals surface area contributed by atoms with Crippen molar-refractivity contribution in [3.63, 3.8) is 0 Å². The molecule has 0 aromatic rings. The maximum absolute atomic E-state index is 10.4. The first-order chi connectivity index (χ1) is 7.63. The van der Waals surface area contributed by atoms with Crippen molar-refractivity contribution in [1.29, 1.82) is 0 Å². The van der Waals surface area contributed by atoms with Gasteiger partial charge in [-0.05, 0) is 31.7 Å². The van der Waals surface area contributed by atoms with E-state index in [1.165, 1.54) is 12.8 Å². The minimum Gasteiger partial charge on any atom is -0.389 e. The molecule has 0 aromatic carbocycles. The predicted octanol–water partition coefficient (Wildman–Crippen LogP) is 1.35. The normalized spacial score (nSPS) is 35.4. The molecule has 0 bridgehead atoms. The highest BCUT2D eigenvalue weighted by Gasteiger charge is 2.35. The monoisotopic (exact) mass is 226 g/mol. The Morgan fingerprint density at radius 1 is 1.38 bits per heavy atom. The van der Waals surface area contributed by atoms with E-state index in [0.29, 0.717) is 12.0 Å². The summed E-state index contributed by atoms with van der Waals surface area (Å²) in [7, 11) is 0. The van der Waals surface area contributed by atoms with Gasteiger partial charge in [0.1, 0.15) is 0 Å². The average molecular weight is 226 g/mol. The molecule has 1 saturated carbocycles. The van der Waals surface area contributed by atoms with Gasteiger partial charge in [0.25, 0.3) is 0 Å². The molecule has 2 atom stereocenters. The van der Waals surface area contributed by atoms with Crippen LogP contribution in [0.3, 0.4) is 0 Å². The highest BCUT2D eigenvalue weighted by molar-refractivity contribution is 4.90. The zero-order valence-corrected chi connectivity index (χ0v) is 10.5. The van der Waals surface area contributed by atoms with Crippen molar-refractivity contribution in [3.8, 4) is 0 Å². The average Bonchev–Trinajstić information content (AvgIpc) is 2.68. The van der Waals surface area contributed by atoms with Crippen molar-refractivity contribution < 1.29 is 5.11 Å². The van der Waals surface area contributed by atoms with E-state index in [0.717, 1.165) is 45.3 Å². The van der Waals surface area contributed by atoms with Crippen LogP contribution in [-0.2, 0) is 0 Å². The number of likely N-dealkylation sites (tertiary alicyclic amines) is 1. The van der Waals surface area contributed by atoms with Crippen LogP contribution >= 0.6 is 0 Å². The number of hydrogen-bond acceptors (Lipinski definition) is 3. The van der Waals surface area contributed by atoms with Crippen molar-refractivity contribution in [2.45, 2.75) is 57.1 Å². The molecule has 0 aromatic heterocycles. The summed E-state index contributed by atoms with van der Waals surface area (Å²) in [5, 5.41) is 10.4. The van der Waals surface area contributed by atoms with E-state index in [2.05, 4.69) is 11.8 Å². The first-order valence-electron chi connectivity index (χ1n) is 6.83. The Balaban J connectivity index is 1.86. The number of β-amino-alcohol motifs (C(OH)–C–C–N with tert-alkyl or cyclic N) is 1. The number of hydrogen-bond donors (Lipinski definition) is 2. The highest BCUT2D eigenvalue weighted by Crippen LogP contribution is 2.31. The lowest BCUT2D eigenvalue weighted by atomic mass is 9.89. The van der Waals surface area contributed by atoms with Gasteiger partial charge in [0.15, 0.2) is 0 Å². The molecule has 1 saturated heterocycles. The molecule has 2 fully saturated rings. The Labute approximate surface area is 99.0 Å². The zero-order valence-electron chi connectivity index (χ0n) is 10.5. The SMILES string of the molecule is CCC1CN(CC2(O)CCCC2)CCC1N. The molecule has 0 radical (unpaired) electrons. The van der Waals surface area contributed by atoms with Gasteiger partial charge in [-0.2, -0.15) is 0 Å². The third-order valence-corrected chi connectivity index (χ3v) is 4.45. The van der Waals surface area contributed by atoms with Crippen LogP contribution < -0.4 is 5.73 Å². The zero-order chi connectivity index (χ0) is 11.6. The van der Waals surface area contributed by atoms with Crippen LogP contribution in [0.1, 0.15) is 45.4 Å². The lowest BCUT2D eigenvalue weighted by Gasteiger charge is -2.39. The maximum atomic E-state index is 10.4. The lowest BCUT2D eigenvalue weighted by molar-refractivity contribution is -0.00488. The van der Waals surface area contributed by atoms with Crippen molar-refractivity contribution in [1.82, 2.24) is 4.90 Å². The van der Waals surface area contributed by atoms with E-state index in [-0.39, 0.29) is 5.60 Å². The smallest absolute Gasteiger partial charge is 0.0774 e. The Bertz CT molecular complexity index is 226. The fourth-order valence-electron chi connectivity index (χ4n) is 3.31. The third-order valence-electron chi connectivity index (χ3n) is 4.45. The largest absolute Gasteiger partial charge is 0.389 e. The summed E-state index contributed by atoms with van der Waals surface area (Å²) in [6, 6.07) is 0.375. The van der Waals surface area contributed by atoms with E-state index >= 15 is 0 Å². The molecular formula is C13H26N2O. The number of nitrogens with two attached hydrogens (primary N) is 1. The van der Waals surface area contributed by atoms with E-state index in [1.807, 2.05) is 0 Å². The van der Waals surface area contributed by atoms with Gasteiger partial charge in [0.2, 0.25) is 0 Å². The molecule has 2 aliphatic rings. The van der Waals surface area contributed by atoms with E-state index in [9.17, 15) is 5.11 Å². The molecule has 3 heteroatoms. The van der Waals surface area contributed by atoms with Gasteiger partial charge in [-0.15, -0.1) is 0 Å². The van der Waals surface area contributed by atoms with Gasteiger partial charge < -0.3 is 15.7 Å². The second kappa shape index (κ2) is 5.03. The quantitative estimate of drug-likeness (QED) is 0.764. The molecule has 0 amide bonds. The molecule has 3 nitrogen and oxygen atoms in total. The molecule has 16 heavy (non-hydrogen) atoms. The summed E-state index contributed by atoms with van der Waals surface area (Å²) in [6.07, 6.45) is 6.63. The fraction of sp³-hybridized carbons (Fsp3) is 1.00. The molecule has 1 heterocycles. The molecule has 1 aliphatic heterocycles. The summed E-state index contributed by atoms with van der Waals surface area (Å²) in [4.78, 5) is 2.43. The first-order valence-corrected chi connectivity index (χ1v) is 6.83. The summed E-state index contributed by atoms with van der Waals surface area (Å²) < 4.78 is 0. The van der Waals surface area contributed by atoms with E-state index < -0.39 is 0 Å². The fourth-order valence-corrected chi connectivity index (χ4v) is 3.31. The molecule has 94 valence electrons. The van der Waals surface area contributed by atoms with Crippen LogP contribution in [0.2, 0.25) is 0 Å². The minimum atomic E-state index is -0.389. The Morgan fingerprint density at radius 2 is 2.06 bits per heavy atom. The van der Waals surface area contributed by atoms with Crippen molar-refractivity contribution in [3.05, 3.63) is 0 Å². The van der Waals surface area contributed by atoms with Crippen molar-refractivity contribution >= 4 is 0 Å². The van der Waals surface area contributed by atoms with Crippen LogP contribution in [0.25, 0.3) is 0 Å². The van der Waals surface area contributed by atoms with Crippen molar-refractivity contribution in [2.24, 2.45) is 11.7 Å². The second-order valence-corrected chi connectivity index (χ2v) is 5.79. The Hall–Kier alpha value is -0.120. The Kier molecular flexibility index (Phi) is 3.88. The highest BCUT2D eigenvalue weighted by atomic mass is 16.3. The predicted molar refractivity (Wildman–Crippen MR) is 66.2 cm³/mol. The minimum absolute atomic E-state index is 0.375. The van der Waals surface area contributed by atoms with E-state index in [1.54, 1.807) is 0 Å². The van der Waals surface area contributed by atoms with Crippen molar-refractivity contribution in [2.75, 3.05) is 19.6 Å². The summed E-state index contributed by atoms with van der Waals surface area (Å²) in [6.45, 7) is 5.24. The molecule has 2 unspecified atom stereocenters. The lowest BCUT2D eigenvalue weighted by Crippen LogP contribution is -2.51.